The summed E-state index contributed by atoms with van der Waals surface area (Å²) in [5.74, 6) is 2.71. The van der Waals surface area contributed by atoms with Gasteiger partial charge in [-0.05, 0) is 19.4 Å². The second-order valence-electron chi connectivity index (χ2n) is 3.00. The Kier molecular flexibility index (Phi) is 3.65. The molecule has 1 heterocycles. The van der Waals surface area contributed by atoms with Gasteiger partial charge in [0, 0.05) is 6.42 Å². The Morgan fingerprint density at radius 1 is 1.40 bits per heavy atom. The predicted octanol–water partition coefficient (Wildman–Crippen LogP) is 1.37. The van der Waals surface area contributed by atoms with Crippen molar-refractivity contribution >= 4 is 0 Å². The van der Waals surface area contributed by atoms with Gasteiger partial charge >= 0.3 is 0 Å². The van der Waals surface area contributed by atoms with Gasteiger partial charge in [-0.2, -0.15) is 10.4 Å². The van der Waals surface area contributed by atoms with E-state index < -0.39 is 0 Å². The molecular formula is C11H11N3O. The van der Waals surface area contributed by atoms with Gasteiger partial charge < -0.3 is 4.74 Å². The minimum Gasteiger partial charge on any atom is -0.475 e. The van der Waals surface area contributed by atoms with Gasteiger partial charge in [0.05, 0.1) is 5.69 Å². The van der Waals surface area contributed by atoms with E-state index in [1.165, 1.54) is 0 Å². The molecule has 0 saturated carbocycles. The molecule has 4 heteroatoms. The fourth-order valence-electron chi connectivity index (χ4n) is 1.03. The van der Waals surface area contributed by atoms with E-state index in [-0.39, 0.29) is 5.88 Å². The molecule has 0 aliphatic heterocycles. The molecule has 0 fully saturated rings. The third-order valence-electron chi connectivity index (χ3n) is 2.02. The van der Waals surface area contributed by atoms with Crippen LogP contribution in [0.5, 0.6) is 5.88 Å². The van der Waals surface area contributed by atoms with E-state index in [4.69, 9.17) is 16.4 Å². The lowest BCUT2D eigenvalue weighted by atomic mass is 10.1. The lowest BCUT2D eigenvalue weighted by Crippen LogP contribution is -2.04. The first-order valence-corrected chi connectivity index (χ1v) is 4.51. The highest BCUT2D eigenvalue weighted by Crippen LogP contribution is 2.18. The number of aryl methyl sites for hydroxylation is 1. The Balaban J connectivity index is 2.95. The largest absolute Gasteiger partial charge is 0.475 e. The smallest absolute Gasteiger partial charge is 0.251 e. The zero-order chi connectivity index (χ0) is 11.3. The van der Waals surface area contributed by atoms with Crippen LogP contribution in [0.4, 0.5) is 0 Å². The summed E-state index contributed by atoms with van der Waals surface area (Å²) in [7, 11) is 0. The molecule has 0 N–H and O–H groups in total. The van der Waals surface area contributed by atoms with E-state index in [0.717, 1.165) is 11.3 Å². The van der Waals surface area contributed by atoms with Crippen molar-refractivity contribution in [2.24, 2.45) is 0 Å². The number of aromatic nitrogens is 2. The molecule has 0 aromatic carbocycles. The van der Waals surface area contributed by atoms with Crippen molar-refractivity contribution < 1.29 is 4.74 Å². The van der Waals surface area contributed by atoms with Gasteiger partial charge in [0.15, 0.2) is 0 Å². The van der Waals surface area contributed by atoms with Gasteiger partial charge in [0.2, 0.25) is 0 Å². The van der Waals surface area contributed by atoms with E-state index in [9.17, 15) is 0 Å². The number of nitrogens with zero attached hydrogens (tertiary/aromatic N) is 3. The fraction of sp³-hybridized carbons (Fsp3) is 0.364. The molecule has 0 saturated heterocycles. The lowest BCUT2D eigenvalue weighted by Gasteiger charge is -2.07. The highest BCUT2D eigenvalue weighted by Gasteiger charge is 2.11. The van der Waals surface area contributed by atoms with Crippen LogP contribution < -0.4 is 4.74 Å². The highest BCUT2D eigenvalue weighted by molar-refractivity contribution is 5.44. The van der Waals surface area contributed by atoms with Crippen molar-refractivity contribution in [3.8, 4) is 24.3 Å². The molecule has 0 aliphatic carbocycles. The van der Waals surface area contributed by atoms with Crippen molar-refractivity contribution in [2.75, 3.05) is 6.61 Å². The first-order chi connectivity index (χ1) is 7.20. The van der Waals surface area contributed by atoms with Crippen LogP contribution >= 0.6 is 0 Å². The average Bonchev–Trinajstić information content (AvgIpc) is 2.24. The van der Waals surface area contributed by atoms with Crippen LogP contribution in [0.25, 0.3) is 0 Å². The minimum absolute atomic E-state index is 0.260. The summed E-state index contributed by atoms with van der Waals surface area (Å²) in [6.07, 6.45) is 5.57. The SMILES string of the molecule is C#CCCOc1nnc(C)c(C)c1C#N. The van der Waals surface area contributed by atoms with Crippen LogP contribution in [0.1, 0.15) is 23.2 Å². The van der Waals surface area contributed by atoms with Crippen molar-refractivity contribution in [1.29, 1.82) is 5.26 Å². The zero-order valence-electron chi connectivity index (χ0n) is 8.74. The van der Waals surface area contributed by atoms with E-state index in [1.807, 2.05) is 6.92 Å². The van der Waals surface area contributed by atoms with Crippen molar-refractivity contribution in [1.82, 2.24) is 10.2 Å². The summed E-state index contributed by atoms with van der Waals surface area (Å²) < 4.78 is 5.27. The topological polar surface area (TPSA) is 58.8 Å². The Morgan fingerprint density at radius 3 is 2.73 bits per heavy atom. The summed E-state index contributed by atoms with van der Waals surface area (Å²) in [6.45, 7) is 3.97. The summed E-state index contributed by atoms with van der Waals surface area (Å²) in [5.41, 5.74) is 1.96. The molecule has 0 amide bonds. The van der Waals surface area contributed by atoms with Crippen molar-refractivity contribution in [3.63, 3.8) is 0 Å². The Hall–Kier alpha value is -2.07. The molecule has 0 bridgehead atoms. The Labute approximate surface area is 88.9 Å². The van der Waals surface area contributed by atoms with Crippen molar-refractivity contribution in [2.45, 2.75) is 20.3 Å². The normalized spacial score (nSPS) is 9.07. The van der Waals surface area contributed by atoms with Gasteiger partial charge in [-0.25, -0.2) is 0 Å². The van der Waals surface area contributed by atoms with Crippen LogP contribution in [-0.4, -0.2) is 16.8 Å². The quantitative estimate of drug-likeness (QED) is 0.547. The second-order valence-corrected chi connectivity index (χ2v) is 3.00. The fourth-order valence-corrected chi connectivity index (χ4v) is 1.03. The minimum atomic E-state index is 0.260. The van der Waals surface area contributed by atoms with Crippen LogP contribution in [0, 0.1) is 37.5 Å². The number of terminal acetylenes is 1. The van der Waals surface area contributed by atoms with Crippen LogP contribution in [-0.2, 0) is 0 Å². The number of ether oxygens (including phenoxy) is 1. The standard InChI is InChI=1S/C11H11N3O/c1-4-5-6-15-11-10(7-12)8(2)9(3)13-14-11/h1H,5-6H2,2-3H3. The van der Waals surface area contributed by atoms with E-state index >= 15 is 0 Å². The summed E-state index contributed by atoms with van der Waals surface area (Å²) in [4.78, 5) is 0. The van der Waals surface area contributed by atoms with Crippen LogP contribution in [0.3, 0.4) is 0 Å². The molecule has 0 spiro atoms. The van der Waals surface area contributed by atoms with E-state index in [1.54, 1.807) is 6.92 Å². The van der Waals surface area contributed by atoms with Gasteiger partial charge in [-0.3, -0.25) is 0 Å². The van der Waals surface area contributed by atoms with Gasteiger partial charge in [-0.15, -0.1) is 17.4 Å². The summed E-state index contributed by atoms with van der Waals surface area (Å²) in [6, 6.07) is 2.05. The third-order valence-corrected chi connectivity index (χ3v) is 2.02. The highest BCUT2D eigenvalue weighted by atomic mass is 16.5. The summed E-state index contributed by atoms with van der Waals surface area (Å²) in [5, 5.41) is 16.6. The predicted molar refractivity (Wildman–Crippen MR) is 55.2 cm³/mol. The molecular weight excluding hydrogens is 190 g/mol. The van der Waals surface area contributed by atoms with Crippen LogP contribution in [0.15, 0.2) is 0 Å². The van der Waals surface area contributed by atoms with Gasteiger partial charge in [-0.1, -0.05) is 0 Å². The molecule has 1 aromatic heterocycles. The maximum atomic E-state index is 8.94. The van der Waals surface area contributed by atoms with Gasteiger partial charge in [0.1, 0.15) is 18.2 Å². The second kappa shape index (κ2) is 4.97. The van der Waals surface area contributed by atoms with Crippen LogP contribution in [0.2, 0.25) is 0 Å². The number of hydrogen-bond acceptors (Lipinski definition) is 4. The van der Waals surface area contributed by atoms with Crippen molar-refractivity contribution in [3.05, 3.63) is 16.8 Å². The molecule has 0 aliphatic rings. The Morgan fingerprint density at radius 2 is 2.13 bits per heavy atom. The molecule has 15 heavy (non-hydrogen) atoms. The molecule has 1 rings (SSSR count). The Bertz CT molecular complexity index is 440. The lowest BCUT2D eigenvalue weighted by molar-refractivity contribution is 0.309. The molecule has 4 nitrogen and oxygen atoms in total. The molecule has 1 aromatic rings. The molecule has 0 atom stereocenters. The maximum absolute atomic E-state index is 8.94. The molecule has 0 radical (unpaired) electrons. The number of nitriles is 1. The van der Waals surface area contributed by atoms with E-state index in [2.05, 4.69) is 22.2 Å². The molecule has 0 unspecified atom stereocenters. The maximum Gasteiger partial charge on any atom is 0.251 e. The zero-order valence-corrected chi connectivity index (χ0v) is 8.74. The monoisotopic (exact) mass is 201 g/mol. The van der Waals surface area contributed by atoms with Gasteiger partial charge in [0.25, 0.3) is 5.88 Å². The third kappa shape index (κ3) is 2.45. The molecule has 76 valence electrons. The number of rotatable bonds is 3. The number of hydrogen-bond donors (Lipinski definition) is 0. The summed E-state index contributed by atoms with van der Waals surface area (Å²) >= 11 is 0. The van der Waals surface area contributed by atoms with E-state index in [0.29, 0.717) is 18.6 Å². The first kappa shape index (κ1) is 11.0. The first-order valence-electron chi connectivity index (χ1n) is 4.51. The average molecular weight is 201 g/mol.